The van der Waals surface area contributed by atoms with E-state index < -0.39 is 10.5 Å². The third-order valence-corrected chi connectivity index (χ3v) is 2.99. The van der Waals surface area contributed by atoms with E-state index in [0.29, 0.717) is 16.7 Å². The van der Waals surface area contributed by atoms with E-state index in [1.54, 1.807) is 48.5 Å². The van der Waals surface area contributed by atoms with Gasteiger partial charge in [-0.1, -0.05) is 24.0 Å². The van der Waals surface area contributed by atoms with Crippen LogP contribution in [0.15, 0.2) is 48.5 Å². The maximum Gasteiger partial charge on any atom is 0.252 e. The highest BCUT2D eigenvalue weighted by atomic mass is 35.5. The van der Waals surface area contributed by atoms with E-state index in [9.17, 15) is 9.59 Å². The standard InChI is InChI=1S/C16H8Cl2O2/c17-15(19)13-8-6-11(7-9-13)4-5-12-2-1-3-14(10-12)16(18)20/h1-3,6-10H. The average molecular weight is 303 g/mol. The molecule has 0 aliphatic carbocycles. The predicted molar refractivity (Wildman–Crippen MR) is 79.2 cm³/mol. The Morgan fingerprint density at radius 3 is 1.95 bits per heavy atom. The molecule has 0 fully saturated rings. The van der Waals surface area contributed by atoms with Gasteiger partial charge < -0.3 is 0 Å². The highest BCUT2D eigenvalue weighted by molar-refractivity contribution is 6.68. The maximum absolute atomic E-state index is 11.0. The minimum absolute atomic E-state index is 0.404. The Bertz CT molecular complexity index is 722. The highest BCUT2D eigenvalue weighted by Crippen LogP contribution is 2.09. The smallest absolute Gasteiger partial charge is 0.252 e. The van der Waals surface area contributed by atoms with Gasteiger partial charge in [0.15, 0.2) is 0 Å². The Morgan fingerprint density at radius 1 is 0.750 bits per heavy atom. The minimum Gasteiger partial charge on any atom is -0.276 e. The fourth-order valence-corrected chi connectivity index (χ4v) is 1.79. The van der Waals surface area contributed by atoms with Crippen molar-refractivity contribution in [3.63, 3.8) is 0 Å². The van der Waals surface area contributed by atoms with E-state index in [1.807, 2.05) is 0 Å². The van der Waals surface area contributed by atoms with Crippen molar-refractivity contribution in [3.8, 4) is 11.8 Å². The van der Waals surface area contributed by atoms with Gasteiger partial charge in [-0.25, -0.2) is 0 Å². The summed E-state index contributed by atoms with van der Waals surface area (Å²) in [7, 11) is 0. The molecule has 0 amide bonds. The van der Waals surface area contributed by atoms with Gasteiger partial charge in [-0.15, -0.1) is 0 Å². The molecule has 0 radical (unpaired) electrons. The van der Waals surface area contributed by atoms with Crippen LogP contribution in [-0.4, -0.2) is 10.5 Å². The molecule has 0 atom stereocenters. The lowest BCUT2D eigenvalue weighted by atomic mass is 10.1. The van der Waals surface area contributed by atoms with Crippen molar-refractivity contribution in [2.24, 2.45) is 0 Å². The molecule has 0 bridgehead atoms. The summed E-state index contributed by atoms with van der Waals surface area (Å²) < 4.78 is 0. The molecule has 0 N–H and O–H groups in total. The van der Waals surface area contributed by atoms with Crippen molar-refractivity contribution in [3.05, 3.63) is 70.8 Å². The van der Waals surface area contributed by atoms with E-state index in [-0.39, 0.29) is 0 Å². The second-order valence-corrected chi connectivity index (χ2v) is 4.64. The molecule has 0 saturated heterocycles. The lowest BCUT2D eigenvalue weighted by molar-refractivity contribution is 0.107. The van der Waals surface area contributed by atoms with Crippen LogP contribution in [0, 0.1) is 11.8 Å². The number of hydrogen-bond acceptors (Lipinski definition) is 2. The molecule has 2 aromatic carbocycles. The molecular weight excluding hydrogens is 295 g/mol. The summed E-state index contributed by atoms with van der Waals surface area (Å²) >= 11 is 10.8. The monoisotopic (exact) mass is 302 g/mol. The molecule has 0 aliphatic heterocycles. The number of carbonyl (C=O) groups is 2. The van der Waals surface area contributed by atoms with Crippen molar-refractivity contribution >= 4 is 33.7 Å². The Hall–Kier alpha value is -2.08. The normalized spacial score (nSPS) is 9.50. The van der Waals surface area contributed by atoms with Crippen molar-refractivity contribution in [2.75, 3.05) is 0 Å². The number of hydrogen-bond donors (Lipinski definition) is 0. The quantitative estimate of drug-likeness (QED) is 0.624. The van der Waals surface area contributed by atoms with Gasteiger partial charge in [-0.05, 0) is 59.6 Å². The third-order valence-electron chi connectivity index (χ3n) is 2.55. The van der Waals surface area contributed by atoms with Crippen LogP contribution in [0.25, 0.3) is 0 Å². The van der Waals surface area contributed by atoms with E-state index in [1.165, 1.54) is 0 Å². The average Bonchev–Trinajstić information content (AvgIpc) is 2.46. The topological polar surface area (TPSA) is 34.1 Å². The van der Waals surface area contributed by atoms with Crippen LogP contribution < -0.4 is 0 Å². The third kappa shape index (κ3) is 3.71. The number of benzene rings is 2. The van der Waals surface area contributed by atoms with E-state index in [0.717, 1.165) is 5.56 Å². The Kier molecular flexibility index (Phi) is 4.57. The van der Waals surface area contributed by atoms with E-state index in [4.69, 9.17) is 23.2 Å². The van der Waals surface area contributed by atoms with Crippen molar-refractivity contribution in [1.29, 1.82) is 0 Å². The van der Waals surface area contributed by atoms with Gasteiger partial charge in [0.2, 0.25) is 0 Å². The SMILES string of the molecule is O=C(Cl)c1ccc(C#Cc2cccc(C(=O)Cl)c2)cc1. The van der Waals surface area contributed by atoms with Gasteiger partial charge in [-0.2, -0.15) is 0 Å². The van der Waals surface area contributed by atoms with E-state index in [2.05, 4.69) is 11.8 Å². The van der Waals surface area contributed by atoms with Crippen molar-refractivity contribution in [2.45, 2.75) is 0 Å². The molecule has 0 aromatic heterocycles. The Morgan fingerprint density at radius 2 is 1.35 bits per heavy atom. The molecule has 20 heavy (non-hydrogen) atoms. The molecule has 0 unspecified atom stereocenters. The number of rotatable bonds is 2. The summed E-state index contributed by atoms with van der Waals surface area (Å²) in [6.45, 7) is 0. The van der Waals surface area contributed by atoms with E-state index >= 15 is 0 Å². The first-order valence-electron chi connectivity index (χ1n) is 5.68. The van der Waals surface area contributed by atoms with Gasteiger partial charge >= 0.3 is 0 Å². The Labute approximate surface area is 126 Å². The molecule has 98 valence electrons. The summed E-state index contributed by atoms with van der Waals surface area (Å²) in [5.74, 6) is 5.86. The second-order valence-electron chi connectivity index (χ2n) is 3.96. The molecule has 0 aliphatic rings. The summed E-state index contributed by atoms with van der Waals surface area (Å²) in [5, 5.41) is -1.02. The van der Waals surface area contributed by atoms with Crippen molar-refractivity contribution in [1.82, 2.24) is 0 Å². The molecule has 0 saturated carbocycles. The zero-order chi connectivity index (χ0) is 14.5. The zero-order valence-corrected chi connectivity index (χ0v) is 11.7. The van der Waals surface area contributed by atoms with Gasteiger partial charge in [0.25, 0.3) is 10.5 Å². The molecule has 4 heteroatoms. The van der Waals surface area contributed by atoms with Gasteiger partial charge in [0.1, 0.15) is 0 Å². The second kappa shape index (κ2) is 6.38. The molecule has 0 spiro atoms. The summed E-state index contributed by atoms with van der Waals surface area (Å²) in [5.41, 5.74) is 2.26. The summed E-state index contributed by atoms with van der Waals surface area (Å²) in [6.07, 6.45) is 0. The lowest BCUT2D eigenvalue weighted by Crippen LogP contribution is -1.89. The maximum atomic E-state index is 11.0. The number of halogens is 2. The van der Waals surface area contributed by atoms with Crippen LogP contribution in [0.5, 0.6) is 0 Å². The molecule has 0 heterocycles. The van der Waals surface area contributed by atoms with Crippen molar-refractivity contribution < 1.29 is 9.59 Å². The summed E-state index contributed by atoms with van der Waals surface area (Å²) in [4.78, 5) is 22.0. The zero-order valence-electron chi connectivity index (χ0n) is 10.2. The molecular formula is C16H8Cl2O2. The first kappa shape index (κ1) is 14.3. The predicted octanol–water partition coefficient (Wildman–Crippen LogP) is 3.84. The molecule has 2 aromatic rings. The van der Waals surface area contributed by atoms with Crippen LogP contribution in [0.3, 0.4) is 0 Å². The Balaban J connectivity index is 2.24. The van der Waals surface area contributed by atoms with Crippen LogP contribution >= 0.6 is 23.2 Å². The van der Waals surface area contributed by atoms with Crippen LogP contribution in [0.1, 0.15) is 31.8 Å². The fraction of sp³-hybridized carbons (Fsp3) is 0. The lowest BCUT2D eigenvalue weighted by Gasteiger charge is -1.95. The van der Waals surface area contributed by atoms with Gasteiger partial charge in [0, 0.05) is 22.3 Å². The van der Waals surface area contributed by atoms with Crippen LogP contribution in [0.4, 0.5) is 0 Å². The molecule has 2 rings (SSSR count). The van der Waals surface area contributed by atoms with Crippen LogP contribution in [-0.2, 0) is 0 Å². The summed E-state index contributed by atoms with van der Waals surface area (Å²) in [6, 6.07) is 13.4. The fourth-order valence-electron chi connectivity index (χ4n) is 1.55. The molecule has 2 nitrogen and oxygen atoms in total. The first-order valence-corrected chi connectivity index (χ1v) is 6.43. The van der Waals surface area contributed by atoms with Gasteiger partial charge in [0.05, 0.1) is 0 Å². The first-order chi connectivity index (χ1) is 9.56. The number of carbonyl (C=O) groups excluding carboxylic acids is 2. The largest absolute Gasteiger partial charge is 0.276 e. The van der Waals surface area contributed by atoms with Crippen LogP contribution in [0.2, 0.25) is 0 Å². The van der Waals surface area contributed by atoms with Gasteiger partial charge in [-0.3, -0.25) is 9.59 Å². The highest BCUT2D eigenvalue weighted by Gasteiger charge is 2.01. The minimum atomic E-state index is -0.515.